The van der Waals surface area contributed by atoms with Crippen LogP contribution in [0.15, 0.2) is 12.3 Å². The molecule has 1 heterocycles. The smallest absolute Gasteiger partial charge is 0.320 e. The van der Waals surface area contributed by atoms with Gasteiger partial charge in [-0.3, -0.25) is 10.00 Å². The Balaban J connectivity index is 2.53. The van der Waals surface area contributed by atoms with E-state index in [1.54, 1.807) is 17.8 Å². The lowest BCUT2D eigenvalue weighted by atomic mass is 10.5. The Kier molecular flexibility index (Phi) is 3.31. The van der Waals surface area contributed by atoms with Gasteiger partial charge in [0.15, 0.2) is 5.82 Å². The van der Waals surface area contributed by atoms with Gasteiger partial charge >= 0.3 is 6.03 Å². The van der Waals surface area contributed by atoms with Crippen molar-refractivity contribution in [1.82, 2.24) is 15.1 Å². The van der Waals surface area contributed by atoms with Crippen molar-refractivity contribution in [2.45, 2.75) is 19.9 Å². The number of amides is 2. The number of aromatic nitrogens is 2. The van der Waals surface area contributed by atoms with Crippen molar-refractivity contribution in [3.8, 4) is 0 Å². The Morgan fingerprint density at radius 1 is 1.69 bits per heavy atom. The zero-order valence-corrected chi connectivity index (χ0v) is 7.87. The van der Waals surface area contributed by atoms with Gasteiger partial charge in [-0.05, 0) is 6.42 Å². The summed E-state index contributed by atoms with van der Waals surface area (Å²) in [6.45, 7) is 2.95. The van der Waals surface area contributed by atoms with E-state index in [4.69, 9.17) is 0 Å². The molecule has 5 heteroatoms. The second-order valence-electron chi connectivity index (χ2n) is 2.67. The van der Waals surface area contributed by atoms with E-state index in [0.29, 0.717) is 5.82 Å². The highest BCUT2D eigenvalue weighted by Crippen LogP contribution is 2.02. The summed E-state index contributed by atoms with van der Waals surface area (Å²) in [5.74, 6) is 0.577. The molecule has 2 N–H and O–H groups in total. The van der Waals surface area contributed by atoms with Crippen molar-refractivity contribution in [2.24, 2.45) is 0 Å². The average Bonchev–Trinajstić information content (AvgIpc) is 2.53. The summed E-state index contributed by atoms with van der Waals surface area (Å²) < 4.78 is 1.80. The van der Waals surface area contributed by atoms with Crippen LogP contribution in [-0.4, -0.2) is 22.9 Å². The van der Waals surface area contributed by atoms with Crippen LogP contribution >= 0.6 is 0 Å². The maximum atomic E-state index is 10.9. The predicted octanol–water partition coefficient (Wildman–Crippen LogP) is 1.04. The minimum absolute atomic E-state index is 0.248. The molecule has 0 saturated carbocycles. The van der Waals surface area contributed by atoms with Crippen LogP contribution in [0.3, 0.4) is 0 Å². The molecule has 1 aromatic heterocycles. The third kappa shape index (κ3) is 2.77. The van der Waals surface area contributed by atoms with E-state index < -0.39 is 0 Å². The number of anilines is 1. The molecule has 2 amide bonds. The topological polar surface area (TPSA) is 59.0 Å². The number of rotatable bonds is 3. The second-order valence-corrected chi connectivity index (χ2v) is 2.67. The highest BCUT2D eigenvalue weighted by Gasteiger charge is 2.00. The van der Waals surface area contributed by atoms with Crippen LogP contribution in [0.2, 0.25) is 0 Å². The number of carbonyl (C=O) groups excluding carboxylic acids is 1. The van der Waals surface area contributed by atoms with Crippen LogP contribution in [0.5, 0.6) is 0 Å². The van der Waals surface area contributed by atoms with Gasteiger partial charge in [-0.25, -0.2) is 4.79 Å². The molecule has 0 aliphatic heterocycles. The average molecular weight is 182 g/mol. The summed E-state index contributed by atoms with van der Waals surface area (Å²) in [6, 6.07) is 1.52. The molecule has 0 atom stereocenters. The first-order valence-corrected chi connectivity index (χ1v) is 4.28. The SMILES string of the molecule is CCCn1ccc(NC(=O)NC)n1. The summed E-state index contributed by atoms with van der Waals surface area (Å²) in [5.41, 5.74) is 0. The Labute approximate surface area is 77.1 Å². The standard InChI is InChI=1S/C8H14N4O/c1-3-5-12-6-4-7(11-12)10-8(13)9-2/h4,6H,3,5H2,1-2H3,(H2,9,10,11,13). The first-order valence-electron chi connectivity index (χ1n) is 4.28. The molecular formula is C8H14N4O. The summed E-state index contributed by atoms with van der Waals surface area (Å²) >= 11 is 0. The summed E-state index contributed by atoms with van der Waals surface area (Å²) in [6.07, 6.45) is 2.87. The Hall–Kier alpha value is -1.52. The summed E-state index contributed by atoms with van der Waals surface area (Å²) in [5, 5.41) is 9.18. The van der Waals surface area contributed by atoms with Crippen molar-refractivity contribution in [1.29, 1.82) is 0 Å². The molecule has 13 heavy (non-hydrogen) atoms. The summed E-state index contributed by atoms with van der Waals surface area (Å²) in [7, 11) is 1.57. The number of carbonyl (C=O) groups is 1. The van der Waals surface area contributed by atoms with E-state index in [1.807, 2.05) is 6.20 Å². The van der Waals surface area contributed by atoms with Crippen LogP contribution in [0, 0.1) is 0 Å². The van der Waals surface area contributed by atoms with Gasteiger partial charge in [0.05, 0.1) is 0 Å². The first-order chi connectivity index (χ1) is 6.26. The molecule has 0 aromatic carbocycles. The number of hydrogen-bond acceptors (Lipinski definition) is 2. The van der Waals surface area contributed by atoms with Gasteiger partial charge in [0.2, 0.25) is 0 Å². The van der Waals surface area contributed by atoms with Gasteiger partial charge in [-0.15, -0.1) is 0 Å². The number of hydrogen-bond donors (Lipinski definition) is 2. The molecule has 0 unspecified atom stereocenters. The fourth-order valence-corrected chi connectivity index (χ4v) is 0.961. The van der Waals surface area contributed by atoms with Crippen molar-refractivity contribution < 1.29 is 4.79 Å². The van der Waals surface area contributed by atoms with Crippen LogP contribution < -0.4 is 10.6 Å². The van der Waals surface area contributed by atoms with Gasteiger partial charge in [0.1, 0.15) is 0 Å². The number of urea groups is 1. The molecular weight excluding hydrogens is 168 g/mol. The van der Waals surface area contributed by atoms with Crippen LogP contribution in [-0.2, 0) is 6.54 Å². The molecule has 5 nitrogen and oxygen atoms in total. The monoisotopic (exact) mass is 182 g/mol. The van der Waals surface area contributed by atoms with Gasteiger partial charge in [0.25, 0.3) is 0 Å². The van der Waals surface area contributed by atoms with Crippen molar-refractivity contribution in [3.05, 3.63) is 12.3 Å². The predicted molar refractivity (Wildman–Crippen MR) is 50.6 cm³/mol. The third-order valence-corrected chi connectivity index (χ3v) is 1.56. The maximum Gasteiger partial charge on any atom is 0.320 e. The second kappa shape index (κ2) is 4.49. The minimum Gasteiger partial charge on any atom is -0.341 e. The highest BCUT2D eigenvalue weighted by molar-refractivity contribution is 5.87. The number of nitrogens with one attached hydrogen (secondary N) is 2. The maximum absolute atomic E-state index is 10.9. The van der Waals surface area contributed by atoms with Crippen LogP contribution in [0.4, 0.5) is 10.6 Å². The van der Waals surface area contributed by atoms with Gasteiger partial charge in [-0.1, -0.05) is 6.92 Å². The number of nitrogens with zero attached hydrogens (tertiary/aromatic N) is 2. The third-order valence-electron chi connectivity index (χ3n) is 1.56. The molecule has 0 aliphatic rings. The molecule has 0 aliphatic carbocycles. The zero-order valence-electron chi connectivity index (χ0n) is 7.87. The largest absolute Gasteiger partial charge is 0.341 e. The lowest BCUT2D eigenvalue weighted by Crippen LogP contribution is -2.24. The molecule has 0 bridgehead atoms. The van der Waals surface area contributed by atoms with Crippen LogP contribution in [0.1, 0.15) is 13.3 Å². The molecule has 72 valence electrons. The molecule has 1 aromatic rings. The van der Waals surface area contributed by atoms with Gasteiger partial charge in [0, 0.05) is 25.9 Å². The van der Waals surface area contributed by atoms with Gasteiger partial charge in [-0.2, -0.15) is 5.10 Å². The van der Waals surface area contributed by atoms with Crippen molar-refractivity contribution >= 4 is 11.8 Å². The zero-order chi connectivity index (χ0) is 9.68. The van der Waals surface area contributed by atoms with Gasteiger partial charge < -0.3 is 5.32 Å². The normalized spacial score (nSPS) is 9.69. The van der Waals surface area contributed by atoms with E-state index in [-0.39, 0.29) is 6.03 Å². The summed E-state index contributed by atoms with van der Waals surface area (Å²) in [4.78, 5) is 10.9. The van der Waals surface area contributed by atoms with E-state index in [0.717, 1.165) is 13.0 Å². The molecule has 0 fully saturated rings. The quantitative estimate of drug-likeness (QED) is 0.733. The van der Waals surface area contributed by atoms with E-state index in [1.165, 1.54) is 0 Å². The van der Waals surface area contributed by atoms with Crippen molar-refractivity contribution in [2.75, 3.05) is 12.4 Å². The fourth-order valence-electron chi connectivity index (χ4n) is 0.961. The lowest BCUT2D eigenvalue weighted by Gasteiger charge is -1.99. The van der Waals surface area contributed by atoms with Crippen LogP contribution in [0.25, 0.3) is 0 Å². The molecule has 0 spiro atoms. The molecule has 0 radical (unpaired) electrons. The fraction of sp³-hybridized carbons (Fsp3) is 0.500. The first kappa shape index (κ1) is 9.57. The number of aryl methyl sites for hydroxylation is 1. The van der Waals surface area contributed by atoms with Crippen molar-refractivity contribution in [3.63, 3.8) is 0 Å². The Morgan fingerprint density at radius 2 is 2.46 bits per heavy atom. The Morgan fingerprint density at radius 3 is 3.08 bits per heavy atom. The lowest BCUT2D eigenvalue weighted by molar-refractivity contribution is 0.254. The van der Waals surface area contributed by atoms with E-state index in [9.17, 15) is 4.79 Å². The minimum atomic E-state index is -0.248. The highest BCUT2D eigenvalue weighted by atomic mass is 16.2. The molecule has 0 saturated heterocycles. The molecule has 1 rings (SSSR count). The Bertz CT molecular complexity index is 281. The van der Waals surface area contributed by atoms with E-state index >= 15 is 0 Å². The van der Waals surface area contributed by atoms with E-state index in [2.05, 4.69) is 22.7 Å².